The van der Waals surface area contributed by atoms with E-state index in [1.54, 1.807) is 11.3 Å². The molecule has 0 atom stereocenters. The van der Waals surface area contributed by atoms with Crippen LogP contribution in [-0.4, -0.2) is 16.6 Å². The van der Waals surface area contributed by atoms with Crippen LogP contribution >= 0.6 is 11.3 Å². The minimum atomic E-state index is -0.0642. The zero-order valence-corrected chi connectivity index (χ0v) is 12.6. The van der Waals surface area contributed by atoms with Gasteiger partial charge in [0.05, 0.1) is 12.0 Å². The van der Waals surface area contributed by atoms with Crippen LogP contribution in [0.5, 0.6) is 5.75 Å². The number of aromatic nitrogens is 2. The second kappa shape index (κ2) is 6.10. The van der Waals surface area contributed by atoms with Crippen molar-refractivity contribution in [3.8, 4) is 5.75 Å². The molecule has 2 aromatic heterocycles. The quantitative estimate of drug-likeness (QED) is 0.787. The molecule has 0 fully saturated rings. The number of ether oxygens (including phenoxy) is 1. The molecule has 0 aliphatic rings. The molecule has 1 N–H and O–H groups in total. The van der Waals surface area contributed by atoms with Crippen LogP contribution in [0.3, 0.4) is 0 Å². The molecule has 0 bridgehead atoms. The maximum atomic E-state index is 12.0. The second-order valence-electron chi connectivity index (χ2n) is 4.71. The highest BCUT2D eigenvalue weighted by Gasteiger charge is 2.08. The van der Waals surface area contributed by atoms with Crippen molar-refractivity contribution in [1.29, 1.82) is 0 Å². The summed E-state index contributed by atoms with van der Waals surface area (Å²) in [5.41, 5.74) is -0.0642. The molecule has 1 aromatic carbocycles. The monoisotopic (exact) mass is 300 g/mol. The van der Waals surface area contributed by atoms with E-state index in [1.807, 2.05) is 36.4 Å². The molecule has 0 unspecified atom stereocenters. The highest BCUT2D eigenvalue weighted by atomic mass is 32.1. The first-order valence-corrected chi connectivity index (χ1v) is 7.77. The topological polar surface area (TPSA) is 55.0 Å². The lowest BCUT2D eigenvalue weighted by Gasteiger charge is -2.05. The van der Waals surface area contributed by atoms with Crippen molar-refractivity contribution in [3.63, 3.8) is 0 Å². The van der Waals surface area contributed by atoms with Crippen molar-refractivity contribution >= 4 is 21.6 Å². The van der Waals surface area contributed by atoms with Gasteiger partial charge >= 0.3 is 0 Å². The summed E-state index contributed by atoms with van der Waals surface area (Å²) in [7, 11) is 0. The number of aromatic amines is 1. The second-order valence-corrected chi connectivity index (χ2v) is 5.82. The summed E-state index contributed by atoms with van der Waals surface area (Å²) in [6, 6.07) is 11.6. The number of hydrogen-bond acceptors (Lipinski definition) is 4. The average molecular weight is 300 g/mol. The van der Waals surface area contributed by atoms with Gasteiger partial charge in [0, 0.05) is 11.3 Å². The minimum absolute atomic E-state index is 0.0642. The molecule has 3 aromatic rings. The Labute approximate surface area is 126 Å². The number of rotatable bonds is 5. The normalized spacial score (nSPS) is 10.9. The van der Waals surface area contributed by atoms with Crippen LogP contribution < -0.4 is 10.3 Å². The minimum Gasteiger partial charge on any atom is -0.493 e. The number of H-pyrrole nitrogens is 1. The SMILES string of the molecule is CCc1cc2c(=O)[nH]c(CCOc3ccccc3)nc2s1. The first-order valence-electron chi connectivity index (χ1n) is 6.95. The number of fused-ring (bicyclic) bond motifs is 1. The Bertz CT molecular complexity index is 793. The number of benzene rings is 1. The fraction of sp³-hybridized carbons (Fsp3) is 0.250. The Morgan fingerprint density at radius 3 is 2.86 bits per heavy atom. The van der Waals surface area contributed by atoms with Crippen LogP contribution in [0, 0.1) is 0 Å². The number of aryl methyl sites for hydroxylation is 1. The molecular formula is C16H16N2O2S. The zero-order valence-electron chi connectivity index (χ0n) is 11.8. The third-order valence-corrected chi connectivity index (χ3v) is 4.37. The summed E-state index contributed by atoms with van der Waals surface area (Å²) in [6.45, 7) is 2.57. The van der Waals surface area contributed by atoms with Crippen LogP contribution in [0.2, 0.25) is 0 Å². The van der Waals surface area contributed by atoms with Crippen LogP contribution in [0.25, 0.3) is 10.2 Å². The van der Waals surface area contributed by atoms with E-state index in [4.69, 9.17) is 4.74 Å². The Morgan fingerprint density at radius 2 is 2.10 bits per heavy atom. The van der Waals surface area contributed by atoms with Crippen molar-refractivity contribution in [3.05, 3.63) is 57.5 Å². The largest absolute Gasteiger partial charge is 0.493 e. The Balaban J connectivity index is 1.74. The Kier molecular flexibility index (Phi) is 4.01. The van der Waals surface area contributed by atoms with Gasteiger partial charge in [-0.05, 0) is 24.6 Å². The van der Waals surface area contributed by atoms with Gasteiger partial charge in [-0.15, -0.1) is 11.3 Å². The smallest absolute Gasteiger partial charge is 0.259 e. The predicted molar refractivity (Wildman–Crippen MR) is 85.3 cm³/mol. The fourth-order valence-corrected chi connectivity index (χ4v) is 3.09. The van der Waals surface area contributed by atoms with E-state index < -0.39 is 0 Å². The van der Waals surface area contributed by atoms with Crippen molar-refractivity contribution in [2.24, 2.45) is 0 Å². The van der Waals surface area contributed by atoms with E-state index in [0.717, 1.165) is 17.0 Å². The molecule has 0 spiro atoms. The highest BCUT2D eigenvalue weighted by Crippen LogP contribution is 2.21. The van der Waals surface area contributed by atoms with Gasteiger partial charge < -0.3 is 9.72 Å². The average Bonchev–Trinajstić information content (AvgIpc) is 2.92. The summed E-state index contributed by atoms with van der Waals surface area (Å²) in [5.74, 6) is 1.50. The summed E-state index contributed by atoms with van der Waals surface area (Å²) in [4.78, 5) is 21.4. The van der Waals surface area contributed by atoms with E-state index in [1.165, 1.54) is 4.88 Å². The standard InChI is InChI=1S/C16H16N2O2S/c1-2-12-10-13-15(19)17-14(18-16(13)21-12)8-9-20-11-6-4-3-5-7-11/h3-7,10H,2,8-9H2,1H3,(H,17,18,19). The number of nitrogens with zero attached hydrogens (tertiary/aromatic N) is 1. The van der Waals surface area contributed by atoms with Gasteiger partial charge in [-0.2, -0.15) is 0 Å². The molecule has 4 nitrogen and oxygen atoms in total. The molecule has 0 aliphatic heterocycles. The number of para-hydroxylation sites is 1. The molecule has 0 radical (unpaired) electrons. The predicted octanol–water partition coefficient (Wildman–Crippen LogP) is 3.17. The lowest BCUT2D eigenvalue weighted by atomic mass is 10.3. The van der Waals surface area contributed by atoms with Crippen molar-refractivity contribution < 1.29 is 4.74 Å². The third kappa shape index (κ3) is 3.13. The fourth-order valence-electron chi connectivity index (χ4n) is 2.10. The van der Waals surface area contributed by atoms with Crippen LogP contribution in [0.15, 0.2) is 41.2 Å². The lowest BCUT2D eigenvalue weighted by molar-refractivity contribution is 0.319. The summed E-state index contributed by atoms with van der Waals surface area (Å²) >= 11 is 1.58. The van der Waals surface area contributed by atoms with Gasteiger partial charge in [-0.25, -0.2) is 4.98 Å². The maximum absolute atomic E-state index is 12.0. The van der Waals surface area contributed by atoms with Crippen molar-refractivity contribution in [2.45, 2.75) is 19.8 Å². The van der Waals surface area contributed by atoms with Gasteiger partial charge in [0.2, 0.25) is 0 Å². The molecular weight excluding hydrogens is 284 g/mol. The summed E-state index contributed by atoms with van der Waals surface area (Å²) < 4.78 is 5.63. The van der Waals surface area contributed by atoms with Crippen LogP contribution in [0.4, 0.5) is 0 Å². The Morgan fingerprint density at radius 1 is 1.29 bits per heavy atom. The first-order chi connectivity index (χ1) is 10.3. The van der Waals surface area contributed by atoms with E-state index in [9.17, 15) is 4.79 Å². The molecule has 0 saturated carbocycles. The Hall–Kier alpha value is -2.14. The van der Waals surface area contributed by atoms with Crippen molar-refractivity contribution in [2.75, 3.05) is 6.61 Å². The van der Waals surface area contributed by atoms with Gasteiger partial charge in [0.25, 0.3) is 5.56 Å². The summed E-state index contributed by atoms with van der Waals surface area (Å²) in [6.07, 6.45) is 1.51. The molecule has 2 heterocycles. The van der Waals surface area contributed by atoms with E-state index in [0.29, 0.717) is 24.2 Å². The molecule has 3 rings (SSSR count). The molecule has 21 heavy (non-hydrogen) atoms. The summed E-state index contributed by atoms with van der Waals surface area (Å²) in [5, 5.41) is 0.685. The molecule has 5 heteroatoms. The number of thiophene rings is 1. The number of hydrogen-bond donors (Lipinski definition) is 1. The van der Waals surface area contributed by atoms with Gasteiger partial charge in [-0.3, -0.25) is 4.79 Å². The van der Waals surface area contributed by atoms with E-state index >= 15 is 0 Å². The molecule has 108 valence electrons. The van der Waals surface area contributed by atoms with Crippen molar-refractivity contribution in [1.82, 2.24) is 9.97 Å². The third-order valence-electron chi connectivity index (χ3n) is 3.20. The van der Waals surface area contributed by atoms with Crippen LogP contribution in [-0.2, 0) is 12.8 Å². The molecule has 0 amide bonds. The van der Waals surface area contributed by atoms with Crippen LogP contribution in [0.1, 0.15) is 17.6 Å². The molecule has 0 aliphatic carbocycles. The highest BCUT2D eigenvalue weighted by molar-refractivity contribution is 7.18. The molecule has 0 saturated heterocycles. The van der Waals surface area contributed by atoms with E-state index in [2.05, 4.69) is 16.9 Å². The lowest BCUT2D eigenvalue weighted by Crippen LogP contribution is -2.13. The zero-order chi connectivity index (χ0) is 14.7. The van der Waals surface area contributed by atoms with Gasteiger partial charge in [-0.1, -0.05) is 25.1 Å². The maximum Gasteiger partial charge on any atom is 0.259 e. The van der Waals surface area contributed by atoms with Gasteiger partial charge in [0.1, 0.15) is 16.4 Å². The first kappa shape index (κ1) is 13.8. The van der Waals surface area contributed by atoms with Gasteiger partial charge in [0.15, 0.2) is 0 Å². The number of nitrogens with one attached hydrogen (secondary N) is 1. The van der Waals surface area contributed by atoms with E-state index in [-0.39, 0.29) is 5.56 Å².